The molecule has 0 aliphatic heterocycles. The van der Waals surface area contributed by atoms with Crippen molar-refractivity contribution in [2.75, 3.05) is 11.9 Å². The predicted molar refractivity (Wildman–Crippen MR) is 129 cm³/mol. The molecule has 0 spiro atoms. The Kier molecular flexibility index (Phi) is 6.92. The van der Waals surface area contributed by atoms with E-state index in [1.807, 2.05) is 43.5 Å². The first-order valence-corrected chi connectivity index (χ1v) is 14.7. The van der Waals surface area contributed by atoms with Crippen LogP contribution in [0.3, 0.4) is 0 Å². The van der Waals surface area contributed by atoms with Crippen LogP contribution in [0.5, 0.6) is 0 Å². The van der Waals surface area contributed by atoms with E-state index in [1.54, 1.807) is 6.20 Å². The van der Waals surface area contributed by atoms with Crippen LogP contribution in [0.15, 0.2) is 29.0 Å². The highest BCUT2D eigenvalue weighted by Crippen LogP contribution is 2.30. The molecule has 3 aromatic heterocycles. The largest absolute Gasteiger partial charge is 0.444 e. The highest BCUT2D eigenvalue weighted by atomic mass is 79.9. The normalized spacial score (nSPS) is 12.4. The van der Waals surface area contributed by atoms with E-state index < -0.39 is 19.8 Å². The van der Waals surface area contributed by atoms with E-state index in [-0.39, 0.29) is 0 Å². The van der Waals surface area contributed by atoms with E-state index in [9.17, 15) is 4.79 Å². The van der Waals surface area contributed by atoms with Gasteiger partial charge in [0.15, 0.2) is 0 Å². The summed E-state index contributed by atoms with van der Waals surface area (Å²) < 4.78 is 14.2. The molecule has 8 nitrogen and oxygen atoms in total. The zero-order valence-corrected chi connectivity index (χ0v) is 21.5. The predicted octanol–water partition coefficient (Wildman–Crippen LogP) is 5.85. The highest BCUT2D eigenvalue weighted by Gasteiger charge is 2.20. The number of fused-ring (bicyclic) bond motifs is 1. The van der Waals surface area contributed by atoms with Crippen LogP contribution < -0.4 is 5.32 Å². The van der Waals surface area contributed by atoms with Crippen molar-refractivity contribution in [1.29, 1.82) is 0 Å². The van der Waals surface area contributed by atoms with Crippen LogP contribution in [0, 0.1) is 0 Å². The van der Waals surface area contributed by atoms with Crippen molar-refractivity contribution < 1.29 is 14.3 Å². The zero-order chi connectivity index (χ0) is 22.8. The number of halogens is 1. The average molecular weight is 508 g/mol. The zero-order valence-electron chi connectivity index (χ0n) is 18.9. The molecule has 2 N–H and O–H groups in total. The van der Waals surface area contributed by atoms with Gasteiger partial charge >= 0.3 is 6.09 Å². The quantitative estimate of drug-likeness (QED) is 0.309. The number of aromatic nitrogens is 4. The average Bonchev–Trinajstić information content (AvgIpc) is 3.19. The van der Waals surface area contributed by atoms with Gasteiger partial charge in [-0.2, -0.15) is 0 Å². The van der Waals surface area contributed by atoms with Gasteiger partial charge in [-0.05, 0) is 60.9 Å². The summed E-state index contributed by atoms with van der Waals surface area (Å²) in [6.07, 6.45) is 1.15. The first kappa shape index (κ1) is 23.5. The van der Waals surface area contributed by atoms with Gasteiger partial charge < -0.3 is 19.0 Å². The lowest BCUT2D eigenvalue weighted by atomic mass is 10.2. The number of hydrogen-bond donors (Lipinski definition) is 2. The van der Waals surface area contributed by atoms with Crippen LogP contribution in [0.1, 0.15) is 20.8 Å². The van der Waals surface area contributed by atoms with Crippen LogP contribution in [-0.4, -0.2) is 45.9 Å². The Bertz CT molecular complexity index is 1070. The lowest BCUT2D eigenvalue weighted by Crippen LogP contribution is -2.27. The first-order valence-electron chi connectivity index (χ1n) is 10.2. The number of nitrogens with zero attached hydrogens (tertiary/aromatic N) is 3. The minimum absolute atomic E-state index is 0.307. The van der Waals surface area contributed by atoms with Crippen molar-refractivity contribution in [3.63, 3.8) is 0 Å². The van der Waals surface area contributed by atoms with Gasteiger partial charge in [0.2, 0.25) is 5.95 Å². The maximum atomic E-state index is 12.1. The smallest absolute Gasteiger partial charge is 0.414 e. The number of ether oxygens (including phenoxy) is 2. The van der Waals surface area contributed by atoms with Crippen LogP contribution >= 0.6 is 15.9 Å². The summed E-state index contributed by atoms with van der Waals surface area (Å²) in [6.45, 7) is 13.6. The van der Waals surface area contributed by atoms with Crippen LogP contribution in [0.4, 0.5) is 10.7 Å². The van der Waals surface area contributed by atoms with Crippen molar-refractivity contribution >= 4 is 47.1 Å². The molecule has 0 atom stereocenters. The number of amides is 1. The summed E-state index contributed by atoms with van der Waals surface area (Å²) >= 11 is 3.60. The lowest BCUT2D eigenvalue weighted by molar-refractivity contribution is 0.0635. The molecule has 3 rings (SSSR count). The number of anilines is 1. The van der Waals surface area contributed by atoms with Crippen molar-refractivity contribution in [1.82, 2.24) is 19.5 Å². The molecule has 0 aliphatic rings. The Hall–Kier alpha value is -2.17. The summed E-state index contributed by atoms with van der Waals surface area (Å²) in [4.78, 5) is 24.3. The van der Waals surface area contributed by atoms with Gasteiger partial charge in [-0.1, -0.05) is 19.6 Å². The number of carbonyl (C=O) groups is 1. The third kappa shape index (κ3) is 6.41. The van der Waals surface area contributed by atoms with Crippen molar-refractivity contribution in [3.05, 3.63) is 29.0 Å². The van der Waals surface area contributed by atoms with Gasteiger partial charge in [0.05, 0.1) is 15.8 Å². The summed E-state index contributed by atoms with van der Waals surface area (Å²) in [5, 5.41) is 2.65. The number of aromatic amines is 1. The topological polar surface area (TPSA) is 94.1 Å². The molecule has 0 saturated heterocycles. The van der Waals surface area contributed by atoms with E-state index in [4.69, 9.17) is 9.47 Å². The summed E-state index contributed by atoms with van der Waals surface area (Å²) in [5.41, 5.74) is 2.40. The summed E-state index contributed by atoms with van der Waals surface area (Å²) in [6, 6.07) is 6.86. The van der Waals surface area contributed by atoms with Crippen LogP contribution in [0.2, 0.25) is 25.7 Å². The Labute approximate surface area is 191 Å². The molecule has 168 valence electrons. The number of rotatable bonds is 7. The standard InChI is InChI=1S/C21H30BrN5O3Si/c1-21(2,3)30-20(28)26-19-24-14-9-10-23-18(17(14)25-19)15-7-8-16(22)27(15)13-29-11-12-31(4,5)6/h7-10H,11-13H2,1-6H3,(H2,24,25,26,28). The van der Waals surface area contributed by atoms with Crippen LogP contribution in [-0.2, 0) is 16.2 Å². The fourth-order valence-corrected chi connectivity index (χ4v) is 4.08. The second-order valence-corrected chi connectivity index (χ2v) is 16.0. The lowest BCUT2D eigenvalue weighted by Gasteiger charge is -2.18. The third-order valence-corrected chi connectivity index (χ3v) is 6.80. The van der Waals surface area contributed by atoms with E-state index in [0.717, 1.165) is 28.5 Å². The summed E-state index contributed by atoms with van der Waals surface area (Å²) in [7, 11) is -1.15. The van der Waals surface area contributed by atoms with Gasteiger partial charge in [-0.25, -0.2) is 9.78 Å². The molecule has 31 heavy (non-hydrogen) atoms. The Morgan fingerprint density at radius 2 is 2.00 bits per heavy atom. The molecular formula is C21H30BrN5O3Si. The highest BCUT2D eigenvalue weighted by molar-refractivity contribution is 9.10. The molecule has 0 fully saturated rings. The van der Waals surface area contributed by atoms with E-state index in [0.29, 0.717) is 23.9 Å². The molecule has 0 saturated carbocycles. The number of imidazole rings is 1. The molecule has 3 heterocycles. The van der Waals surface area contributed by atoms with Gasteiger partial charge in [-0.15, -0.1) is 0 Å². The molecule has 0 aliphatic carbocycles. The second-order valence-electron chi connectivity index (χ2n) is 9.59. The minimum Gasteiger partial charge on any atom is -0.444 e. The fourth-order valence-electron chi connectivity index (χ4n) is 2.90. The second kappa shape index (κ2) is 9.13. The monoisotopic (exact) mass is 507 g/mol. The SMILES string of the molecule is CC(C)(C)OC(=O)Nc1nc2c(-c3ccc(Br)n3COCC[Si](C)(C)C)nccc2[nH]1. The van der Waals surface area contributed by atoms with E-state index in [2.05, 4.69) is 55.8 Å². The molecule has 10 heteroatoms. The van der Waals surface area contributed by atoms with Crippen molar-refractivity contribution in [2.45, 2.75) is 58.8 Å². The van der Waals surface area contributed by atoms with Crippen LogP contribution in [0.25, 0.3) is 22.4 Å². The number of pyridine rings is 1. The maximum absolute atomic E-state index is 12.1. The van der Waals surface area contributed by atoms with E-state index in [1.165, 1.54) is 0 Å². The molecule has 1 amide bonds. The van der Waals surface area contributed by atoms with Gasteiger partial charge in [0.25, 0.3) is 0 Å². The fraction of sp³-hybridized carbons (Fsp3) is 0.476. The molecule has 3 aromatic rings. The number of H-pyrrole nitrogens is 1. The number of carbonyl (C=O) groups excluding carboxylic acids is 1. The molecule has 0 radical (unpaired) electrons. The Balaban J connectivity index is 1.83. The maximum Gasteiger partial charge on any atom is 0.414 e. The van der Waals surface area contributed by atoms with Gasteiger partial charge in [0, 0.05) is 20.9 Å². The van der Waals surface area contributed by atoms with Gasteiger partial charge in [0.1, 0.15) is 23.5 Å². The van der Waals surface area contributed by atoms with E-state index >= 15 is 0 Å². The molecule has 0 unspecified atom stereocenters. The molecular weight excluding hydrogens is 478 g/mol. The number of nitrogens with one attached hydrogen (secondary N) is 2. The molecule has 0 bridgehead atoms. The molecule has 0 aromatic carbocycles. The Morgan fingerprint density at radius 3 is 2.68 bits per heavy atom. The summed E-state index contributed by atoms with van der Waals surface area (Å²) in [5.74, 6) is 0.307. The van der Waals surface area contributed by atoms with Gasteiger partial charge in [-0.3, -0.25) is 10.3 Å². The number of hydrogen-bond acceptors (Lipinski definition) is 5. The minimum atomic E-state index is -1.15. The van der Waals surface area contributed by atoms with Crippen molar-refractivity contribution in [2.24, 2.45) is 0 Å². The van der Waals surface area contributed by atoms with Crippen molar-refractivity contribution in [3.8, 4) is 11.4 Å². The Morgan fingerprint density at radius 1 is 1.26 bits per heavy atom. The third-order valence-electron chi connectivity index (χ3n) is 4.41. The first-order chi connectivity index (χ1) is 14.4.